The van der Waals surface area contributed by atoms with Crippen LogP contribution in [0, 0.1) is 35.0 Å². The fourth-order valence-corrected chi connectivity index (χ4v) is 5.98. The van der Waals surface area contributed by atoms with Crippen molar-refractivity contribution in [2.45, 2.75) is 59.0 Å². The number of hydrogen-bond donors (Lipinski definition) is 2. The van der Waals surface area contributed by atoms with Crippen molar-refractivity contribution in [1.29, 1.82) is 0 Å². The Morgan fingerprint density at radius 3 is 1.80 bits per heavy atom. The lowest BCUT2D eigenvalue weighted by atomic mass is 9.49. The average molecular weight is 302 g/mol. The Morgan fingerprint density at radius 1 is 1.00 bits per heavy atom. The van der Waals surface area contributed by atoms with Gasteiger partial charge in [-0.1, -0.05) is 20.8 Å². The van der Waals surface area contributed by atoms with Gasteiger partial charge < -0.3 is 9.79 Å². The summed E-state index contributed by atoms with van der Waals surface area (Å²) in [6.07, 6.45) is 5.53. The van der Waals surface area contributed by atoms with Crippen LogP contribution in [0.2, 0.25) is 0 Å². The van der Waals surface area contributed by atoms with Crippen molar-refractivity contribution >= 4 is 7.82 Å². The maximum atomic E-state index is 11.1. The molecule has 0 unspecified atom stereocenters. The van der Waals surface area contributed by atoms with E-state index in [0.717, 1.165) is 43.4 Å². The second-order valence-corrected chi connectivity index (χ2v) is 9.66. The smallest absolute Gasteiger partial charge is 0.303 e. The second-order valence-electron chi connectivity index (χ2n) is 8.47. The van der Waals surface area contributed by atoms with Gasteiger partial charge in [0.05, 0.1) is 6.10 Å². The first kappa shape index (κ1) is 15.0. The highest BCUT2D eigenvalue weighted by Crippen LogP contribution is 2.61. The largest absolute Gasteiger partial charge is 0.469 e. The first-order chi connectivity index (χ1) is 9.12. The van der Waals surface area contributed by atoms with Gasteiger partial charge in [-0.15, -0.1) is 0 Å². The Bertz CT molecular complexity index is 392. The van der Waals surface area contributed by atoms with Gasteiger partial charge in [0.2, 0.25) is 0 Å². The Labute approximate surface area is 121 Å². The molecule has 0 heterocycles. The van der Waals surface area contributed by atoms with E-state index in [1.807, 2.05) is 0 Å². The molecule has 0 atom stereocenters. The lowest BCUT2D eigenvalue weighted by Crippen LogP contribution is -2.53. The van der Waals surface area contributed by atoms with Crippen LogP contribution in [0.3, 0.4) is 0 Å². The molecule has 5 heteroatoms. The van der Waals surface area contributed by atoms with Gasteiger partial charge in [0, 0.05) is 0 Å². The highest BCUT2D eigenvalue weighted by atomic mass is 31.2. The normalized spacial score (nSPS) is 44.0. The van der Waals surface area contributed by atoms with Crippen LogP contribution in [-0.4, -0.2) is 15.9 Å². The Kier molecular flexibility index (Phi) is 3.61. The molecule has 0 spiro atoms. The fraction of sp³-hybridized carbons (Fsp3) is 1.00. The molecule has 0 aliphatic heterocycles. The van der Waals surface area contributed by atoms with Crippen LogP contribution in [0.1, 0.15) is 52.9 Å². The molecule has 0 aromatic heterocycles. The molecule has 116 valence electrons. The first-order valence-corrected chi connectivity index (χ1v) is 9.39. The summed E-state index contributed by atoms with van der Waals surface area (Å²) < 4.78 is 16.3. The predicted octanol–water partition coefficient (Wildman–Crippen LogP) is 3.58. The van der Waals surface area contributed by atoms with Crippen molar-refractivity contribution < 1.29 is 18.9 Å². The van der Waals surface area contributed by atoms with Crippen LogP contribution in [0.5, 0.6) is 0 Å². The number of hydrogen-bond acceptors (Lipinski definition) is 2. The van der Waals surface area contributed by atoms with Crippen LogP contribution in [-0.2, 0) is 9.09 Å². The molecule has 0 saturated heterocycles. The fourth-order valence-electron chi connectivity index (χ4n) is 5.32. The van der Waals surface area contributed by atoms with Gasteiger partial charge in [-0.05, 0) is 67.1 Å². The summed E-state index contributed by atoms with van der Waals surface area (Å²) in [4.78, 5) is 18.2. The zero-order valence-electron chi connectivity index (χ0n) is 12.7. The molecule has 4 aliphatic carbocycles. The highest BCUT2D eigenvalue weighted by molar-refractivity contribution is 7.46. The van der Waals surface area contributed by atoms with Gasteiger partial charge in [0.1, 0.15) is 0 Å². The lowest BCUT2D eigenvalue weighted by molar-refractivity contribution is -0.124. The monoisotopic (exact) mass is 302 g/mol. The zero-order chi connectivity index (χ0) is 14.7. The van der Waals surface area contributed by atoms with E-state index in [2.05, 4.69) is 20.8 Å². The Hall–Kier alpha value is 0.110. The minimum Gasteiger partial charge on any atom is -0.303 e. The zero-order valence-corrected chi connectivity index (χ0v) is 13.6. The molecule has 0 amide bonds. The Morgan fingerprint density at radius 2 is 1.45 bits per heavy atom. The minimum absolute atomic E-state index is 0.195. The molecular weight excluding hydrogens is 275 g/mol. The van der Waals surface area contributed by atoms with E-state index < -0.39 is 7.82 Å². The minimum atomic E-state index is -4.34. The van der Waals surface area contributed by atoms with E-state index in [1.54, 1.807) is 0 Å². The quantitative estimate of drug-likeness (QED) is 0.782. The highest BCUT2D eigenvalue weighted by Gasteiger charge is 2.54. The molecule has 4 rings (SSSR count). The molecule has 4 bridgehead atoms. The third kappa shape index (κ3) is 2.99. The van der Waals surface area contributed by atoms with Crippen molar-refractivity contribution in [1.82, 2.24) is 0 Å². The lowest BCUT2D eigenvalue weighted by Gasteiger charge is -2.58. The van der Waals surface area contributed by atoms with Crippen LogP contribution in [0.15, 0.2) is 0 Å². The third-order valence-corrected chi connectivity index (χ3v) is 6.19. The summed E-state index contributed by atoms with van der Waals surface area (Å²) >= 11 is 0. The summed E-state index contributed by atoms with van der Waals surface area (Å²) in [5, 5.41) is 0. The predicted molar refractivity (Wildman–Crippen MR) is 76.9 cm³/mol. The number of phosphoric acid groups is 1. The van der Waals surface area contributed by atoms with Crippen LogP contribution >= 0.6 is 7.82 Å². The second kappa shape index (κ2) is 4.81. The third-order valence-electron chi connectivity index (χ3n) is 5.67. The molecule has 0 aromatic carbocycles. The SMILES string of the molecule is CC(C)(C)CC1C2CC3CC1CC(C2)C3OP(=O)(O)O. The van der Waals surface area contributed by atoms with E-state index in [9.17, 15) is 4.57 Å². The van der Waals surface area contributed by atoms with Gasteiger partial charge in [0.25, 0.3) is 0 Å². The summed E-state index contributed by atoms with van der Waals surface area (Å²) in [5.41, 5.74) is 0.377. The van der Waals surface area contributed by atoms with Gasteiger partial charge in [0.15, 0.2) is 0 Å². The standard InChI is InChI=1S/C15H27O4P/c1-15(2,3)8-13-9-4-11-6-10(13)7-12(5-9)14(11)19-20(16,17)18/h9-14H,4-8H2,1-3H3,(H2,16,17,18). The summed E-state index contributed by atoms with van der Waals surface area (Å²) in [5.74, 6) is 3.09. The first-order valence-electron chi connectivity index (χ1n) is 7.86. The molecule has 0 radical (unpaired) electrons. The maximum absolute atomic E-state index is 11.1. The van der Waals surface area contributed by atoms with Crippen LogP contribution in [0.25, 0.3) is 0 Å². The number of rotatable bonds is 3. The molecule has 4 saturated carbocycles. The molecule has 4 nitrogen and oxygen atoms in total. The van der Waals surface area contributed by atoms with E-state index in [-0.39, 0.29) is 6.10 Å². The summed E-state index contributed by atoms with van der Waals surface area (Å²) in [6, 6.07) is 0. The van der Waals surface area contributed by atoms with Gasteiger partial charge in [-0.3, -0.25) is 4.52 Å². The topological polar surface area (TPSA) is 66.8 Å². The maximum Gasteiger partial charge on any atom is 0.469 e. The van der Waals surface area contributed by atoms with Crippen molar-refractivity contribution in [3.05, 3.63) is 0 Å². The molecule has 20 heavy (non-hydrogen) atoms. The van der Waals surface area contributed by atoms with E-state index in [4.69, 9.17) is 14.3 Å². The van der Waals surface area contributed by atoms with Gasteiger partial charge in [-0.2, -0.15) is 0 Å². The van der Waals surface area contributed by atoms with E-state index >= 15 is 0 Å². The van der Waals surface area contributed by atoms with Gasteiger partial charge in [-0.25, -0.2) is 4.57 Å². The molecule has 4 aliphatic rings. The van der Waals surface area contributed by atoms with Crippen molar-refractivity contribution in [2.75, 3.05) is 0 Å². The summed E-state index contributed by atoms with van der Waals surface area (Å²) in [7, 11) is -4.34. The molecule has 0 aromatic rings. The average Bonchev–Trinajstić information content (AvgIpc) is 2.21. The van der Waals surface area contributed by atoms with Crippen molar-refractivity contribution in [2.24, 2.45) is 35.0 Å². The van der Waals surface area contributed by atoms with E-state index in [0.29, 0.717) is 17.3 Å². The number of phosphoric ester groups is 1. The Balaban J connectivity index is 1.71. The van der Waals surface area contributed by atoms with Crippen molar-refractivity contribution in [3.63, 3.8) is 0 Å². The van der Waals surface area contributed by atoms with Crippen LogP contribution in [0.4, 0.5) is 0 Å². The molecular formula is C15H27O4P. The summed E-state index contributed by atoms with van der Waals surface area (Å²) in [6.45, 7) is 6.95. The molecule has 4 fully saturated rings. The van der Waals surface area contributed by atoms with Crippen LogP contribution < -0.4 is 0 Å². The van der Waals surface area contributed by atoms with E-state index in [1.165, 1.54) is 6.42 Å². The molecule has 2 N–H and O–H groups in total. The van der Waals surface area contributed by atoms with Crippen molar-refractivity contribution in [3.8, 4) is 0 Å². The van der Waals surface area contributed by atoms with Gasteiger partial charge >= 0.3 is 7.82 Å².